The van der Waals surface area contributed by atoms with Gasteiger partial charge in [-0.25, -0.2) is 4.98 Å². The summed E-state index contributed by atoms with van der Waals surface area (Å²) in [4.78, 5) is 19.2. The minimum atomic E-state index is -0.0262. The van der Waals surface area contributed by atoms with Gasteiger partial charge in [0.15, 0.2) is 0 Å². The average molecular weight is 434 g/mol. The summed E-state index contributed by atoms with van der Waals surface area (Å²) in [5.74, 6) is 0.967. The van der Waals surface area contributed by atoms with Gasteiger partial charge in [-0.15, -0.1) is 0 Å². The predicted octanol–water partition coefficient (Wildman–Crippen LogP) is 4.41. The highest BCUT2D eigenvalue weighted by atomic mass is 16.1. The van der Waals surface area contributed by atoms with E-state index in [-0.39, 0.29) is 5.91 Å². The SMILES string of the molecule is Cc1cc(CCCCNCC(=O)Nc2ccccc2N(C)C)nc(-n2c(C)ccc2C)c1. The Labute approximate surface area is 191 Å². The highest BCUT2D eigenvalue weighted by Crippen LogP contribution is 2.23. The Morgan fingerprint density at radius 3 is 2.44 bits per heavy atom. The molecule has 0 radical (unpaired) electrons. The van der Waals surface area contributed by atoms with Crippen LogP contribution in [0.4, 0.5) is 11.4 Å². The van der Waals surface area contributed by atoms with Crippen LogP contribution in [0.1, 0.15) is 35.5 Å². The lowest BCUT2D eigenvalue weighted by Crippen LogP contribution is -2.29. The van der Waals surface area contributed by atoms with Crippen LogP contribution in [-0.4, -0.2) is 42.6 Å². The van der Waals surface area contributed by atoms with Crippen LogP contribution in [0.15, 0.2) is 48.5 Å². The molecule has 0 bridgehead atoms. The lowest BCUT2D eigenvalue weighted by atomic mass is 10.1. The zero-order valence-corrected chi connectivity index (χ0v) is 19.9. The minimum absolute atomic E-state index is 0.0262. The first-order valence-electron chi connectivity index (χ1n) is 11.2. The first kappa shape index (κ1) is 23.5. The Morgan fingerprint density at radius 1 is 1.00 bits per heavy atom. The van der Waals surface area contributed by atoms with Crippen LogP contribution in [0.25, 0.3) is 5.82 Å². The number of pyridine rings is 1. The lowest BCUT2D eigenvalue weighted by molar-refractivity contribution is -0.115. The minimum Gasteiger partial charge on any atom is -0.376 e. The Kier molecular flexibility index (Phi) is 8.06. The quantitative estimate of drug-likeness (QED) is 0.465. The predicted molar refractivity (Wildman–Crippen MR) is 133 cm³/mol. The van der Waals surface area contributed by atoms with E-state index in [4.69, 9.17) is 4.98 Å². The number of para-hydroxylation sites is 2. The number of amides is 1. The largest absolute Gasteiger partial charge is 0.376 e. The van der Waals surface area contributed by atoms with Crippen LogP contribution >= 0.6 is 0 Å². The van der Waals surface area contributed by atoms with Crippen molar-refractivity contribution in [3.8, 4) is 5.82 Å². The maximum Gasteiger partial charge on any atom is 0.238 e. The zero-order valence-electron chi connectivity index (χ0n) is 19.9. The third-order valence-electron chi connectivity index (χ3n) is 5.49. The van der Waals surface area contributed by atoms with Gasteiger partial charge in [-0.2, -0.15) is 0 Å². The number of anilines is 2. The lowest BCUT2D eigenvalue weighted by Gasteiger charge is -2.17. The van der Waals surface area contributed by atoms with E-state index in [9.17, 15) is 4.79 Å². The van der Waals surface area contributed by atoms with Gasteiger partial charge in [0, 0.05) is 31.2 Å². The maximum atomic E-state index is 12.3. The molecule has 0 unspecified atom stereocenters. The number of hydrogen-bond acceptors (Lipinski definition) is 4. The van der Waals surface area contributed by atoms with E-state index in [0.29, 0.717) is 6.54 Å². The van der Waals surface area contributed by atoms with Crippen molar-refractivity contribution in [3.63, 3.8) is 0 Å². The molecule has 0 aliphatic carbocycles. The molecule has 0 aliphatic heterocycles. The molecule has 0 saturated carbocycles. The normalized spacial score (nSPS) is 10.9. The first-order chi connectivity index (χ1) is 15.3. The molecule has 2 aromatic heterocycles. The van der Waals surface area contributed by atoms with Crippen LogP contribution in [-0.2, 0) is 11.2 Å². The van der Waals surface area contributed by atoms with Crippen molar-refractivity contribution in [1.82, 2.24) is 14.9 Å². The van der Waals surface area contributed by atoms with E-state index >= 15 is 0 Å². The number of carbonyl (C=O) groups excluding carboxylic acids is 1. The number of aromatic nitrogens is 2. The van der Waals surface area contributed by atoms with E-state index in [1.807, 2.05) is 43.3 Å². The number of rotatable bonds is 10. The number of nitrogens with zero attached hydrogens (tertiary/aromatic N) is 3. The summed E-state index contributed by atoms with van der Waals surface area (Å²) in [6, 6.07) is 16.4. The number of aryl methyl sites for hydroxylation is 4. The van der Waals surface area contributed by atoms with Gasteiger partial charge in [-0.3, -0.25) is 4.79 Å². The van der Waals surface area contributed by atoms with Gasteiger partial charge in [0.2, 0.25) is 5.91 Å². The highest BCUT2D eigenvalue weighted by molar-refractivity contribution is 5.95. The summed E-state index contributed by atoms with van der Waals surface area (Å²) in [7, 11) is 3.94. The van der Waals surface area contributed by atoms with Crippen LogP contribution in [0, 0.1) is 20.8 Å². The molecule has 1 aromatic carbocycles. The molecule has 6 heteroatoms. The molecule has 2 heterocycles. The average Bonchev–Trinajstić information content (AvgIpc) is 3.08. The fraction of sp³-hybridized carbons (Fsp3) is 0.385. The summed E-state index contributed by atoms with van der Waals surface area (Å²) in [6.45, 7) is 7.45. The molecule has 0 spiro atoms. The van der Waals surface area contributed by atoms with Gasteiger partial charge in [0.25, 0.3) is 0 Å². The standard InChI is InChI=1S/C26H35N5O/c1-19-16-22(28-25(17-19)31-20(2)13-14-21(31)3)10-8-9-15-27-18-26(32)29-23-11-6-7-12-24(23)30(4)5/h6-7,11-14,16-17,27H,8-10,15,18H2,1-5H3,(H,29,32). The van der Waals surface area contributed by atoms with Gasteiger partial charge in [-0.05, 0) is 88.5 Å². The third kappa shape index (κ3) is 6.20. The second kappa shape index (κ2) is 11.0. The van der Waals surface area contributed by atoms with E-state index < -0.39 is 0 Å². The molecule has 1 amide bonds. The monoisotopic (exact) mass is 433 g/mol. The van der Waals surface area contributed by atoms with Crippen LogP contribution < -0.4 is 15.5 Å². The Bertz CT molecular complexity index is 1030. The van der Waals surface area contributed by atoms with E-state index in [1.54, 1.807) is 0 Å². The molecular weight excluding hydrogens is 398 g/mol. The molecule has 0 aliphatic rings. The highest BCUT2D eigenvalue weighted by Gasteiger charge is 2.09. The molecule has 3 rings (SSSR count). The smallest absolute Gasteiger partial charge is 0.238 e. The fourth-order valence-electron chi connectivity index (χ4n) is 3.91. The van der Waals surface area contributed by atoms with Gasteiger partial charge in [0.1, 0.15) is 5.82 Å². The molecule has 3 aromatic rings. The first-order valence-corrected chi connectivity index (χ1v) is 11.2. The van der Waals surface area contributed by atoms with Gasteiger partial charge < -0.3 is 20.1 Å². The Morgan fingerprint density at radius 2 is 1.72 bits per heavy atom. The van der Waals surface area contributed by atoms with E-state index in [0.717, 1.165) is 48.7 Å². The summed E-state index contributed by atoms with van der Waals surface area (Å²) >= 11 is 0. The molecule has 32 heavy (non-hydrogen) atoms. The third-order valence-corrected chi connectivity index (χ3v) is 5.49. The molecule has 170 valence electrons. The summed E-state index contributed by atoms with van der Waals surface area (Å²) < 4.78 is 2.20. The number of hydrogen-bond donors (Lipinski definition) is 2. The second-order valence-corrected chi connectivity index (χ2v) is 8.54. The van der Waals surface area contributed by atoms with Crippen molar-refractivity contribution in [1.29, 1.82) is 0 Å². The van der Waals surface area contributed by atoms with Gasteiger partial charge in [0.05, 0.1) is 17.9 Å². The summed E-state index contributed by atoms with van der Waals surface area (Å²) in [5.41, 5.74) is 6.57. The molecule has 0 fully saturated rings. The van der Waals surface area contributed by atoms with Gasteiger partial charge in [-0.1, -0.05) is 12.1 Å². The van der Waals surface area contributed by atoms with Gasteiger partial charge >= 0.3 is 0 Å². The number of carbonyl (C=O) groups is 1. The molecule has 0 saturated heterocycles. The molecule has 0 atom stereocenters. The fourth-order valence-corrected chi connectivity index (χ4v) is 3.91. The summed E-state index contributed by atoms with van der Waals surface area (Å²) in [5, 5.41) is 6.24. The number of benzene rings is 1. The topological polar surface area (TPSA) is 62.2 Å². The van der Waals surface area contributed by atoms with Crippen LogP contribution in [0.3, 0.4) is 0 Å². The van der Waals surface area contributed by atoms with E-state index in [1.165, 1.54) is 17.0 Å². The Balaban J connectivity index is 1.43. The molecular formula is C26H35N5O. The van der Waals surface area contributed by atoms with Crippen molar-refractivity contribution in [2.24, 2.45) is 0 Å². The van der Waals surface area contributed by atoms with Crippen molar-refractivity contribution in [3.05, 3.63) is 71.2 Å². The summed E-state index contributed by atoms with van der Waals surface area (Å²) in [6.07, 6.45) is 2.95. The zero-order chi connectivity index (χ0) is 23.1. The van der Waals surface area contributed by atoms with Crippen LogP contribution in [0.5, 0.6) is 0 Å². The maximum absolute atomic E-state index is 12.3. The second-order valence-electron chi connectivity index (χ2n) is 8.54. The molecule has 6 nitrogen and oxygen atoms in total. The van der Waals surface area contributed by atoms with E-state index in [2.05, 4.69) is 60.2 Å². The van der Waals surface area contributed by atoms with Crippen molar-refractivity contribution in [2.75, 3.05) is 37.4 Å². The molecule has 2 N–H and O–H groups in total. The Hall–Kier alpha value is -3.12. The van der Waals surface area contributed by atoms with Crippen molar-refractivity contribution < 1.29 is 4.79 Å². The van der Waals surface area contributed by atoms with Crippen LogP contribution in [0.2, 0.25) is 0 Å². The van der Waals surface area contributed by atoms with Crippen molar-refractivity contribution in [2.45, 2.75) is 40.0 Å². The van der Waals surface area contributed by atoms with Crippen molar-refractivity contribution >= 4 is 17.3 Å². The number of unbranched alkanes of at least 4 members (excludes halogenated alkanes) is 1. The number of nitrogens with one attached hydrogen (secondary N) is 2.